The van der Waals surface area contributed by atoms with Gasteiger partial charge in [-0.1, -0.05) is 0 Å². The molecule has 19 heavy (non-hydrogen) atoms. The van der Waals surface area contributed by atoms with Crippen molar-refractivity contribution in [1.29, 1.82) is 0 Å². The second kappa shape index (κ2) is 6.60. The molecule has 7 heteroatoms. The Balaban J connectivity index is 2.08. The molecule has 0 saturated carbocycles. The molecule has 2 N–H and O–H groups in total. The summed E-state index contributed by atoms with van der Waals surface area (Å²) < 4.78 is 5.04. The minimum absolute atomic E-state index is 0.370. The van der Waals surface area contributed by atoms with Crippen molar-refractivity contribution in [3.05, 3.63) is 35.9 Å². The van der Waals surface area contributed by atoms with Crippen LogP contribution < -0.4 is 10.6 Å². The van der Waals surface area contributed by atoms with E-state index in [-0.39, 0.29) is 0 Å². The Labute approximate surface area is 111 Å². The van der Waals surface area contributed by atoms with Gasteiger partial charge in [-0.25, -0.2) is 9.97 Å². The molecule has 2 rings (SSSR count). The van der Waals surface area contributed by atoms with E-state index in [9.17, 15) is 0 Å². The third kappa shape index (κ3) is 3.85. The highest BCUT2D eigenvalue weighted by atomic mass is 16.5. The van der Waals surface area contributed by atoms with Crippen molar-refractivity contribution in [2.75, 3.05) is 24.8 Å². The smallest absolute Gasteiger partial charge is 0.158 e. The minimum atomic E-state index is 0.370. The fourth-order valence-corrected chi connectivity index (χ4v) is 1.52. The zero-order chi connectivity index (χ0) is 13.5. The zero-order valence-corrected chi connectivity index (χ0v) is 10.9. The van der Waals surface area contributed by atoms with Crippen molar-refractivity contribution in [3.8, 4) is 0 Å². The largest absolute Gasteiger partial charge is 0.377 e. The number of nitrogens with zero attached hydrogens (tertiary/aromatic N) is 4. The molecule has 100 valence electrons. The molecular formula is C12H16N6O. The Bertz CT molecular complexity index is 519. The van der Waals surface area contributed by atoms with Crippen LogP contribution in [-0.4, -0.2) is 34.3 Å². The first-order valence-corrected chi connectivity index (χ1v) is 5.87. The quantitative estimate of drug-likeness (QED) is 0.803. The van der Waals surface area contributed by atoms with Crippen LogP contribution in [0.15, 0.2) is 24.4 Å². The van der Waals surface area contributed by atoms with Gasteiger partial charge in [-0.3, -0.25) is 0 Å². The number of ether oxygens (including phenoxy) is 1. The first kappa shape index (κ1) is 13.2. The Hall–Kier alpha value is -2.28. The molecule has 0 spiro atoms. The van der Waals surface area contributed by atoms with Gasteiger partial charge in [0.1, 0.15) is 18.2 Å². The van der Waals surface area contributed by atoms with Gasteiger partial charge in [0.25, 0.3) is 0 Å². The topological polar surface area (TPSA) is 84.9 Å². The second-order valence-electron chi connectivity index (χ2n) is 3.81. The number of methoxy groups -OCH3 is 1. The van der Waals surface area contributed by atoms with E-state index < -0.39 is 0 Å². The molecule has 0 atom stereocenters. The van der Waals surface area contributed by atoms with Gasteiger partial charge in [0.15, 0.2) is 5.82 Å². The van der Waals surface area contributed by atoms with E-state index in [2.05, 4.69) is 30.8 Å². The number of rotatable bonds is 6. The lowest BCUT2D eigenvalue weighted by molar-refractivity contribution is 0.178. The standard InChI is InChI=1S/C12H16N6O/c1-13-10-6-11(17-12(16-10)8-19-2)14-7-9-4-3-5-15-18-9/h3-6H,7-8H2,1-2H3,(H2,13,14,16,17). The predicted molar refractivity (Wildman–Crippen MR) is 71.7 cm³/mol. The van der Waals surface area contributed by atoms with Crippen LogP contribution in [-0.2, 0) is 17.9 Å². The molecule has 0 amide bonds. The van der Waals surface area contributed by atoms with Crippen molar-refractivity contribution < 1.29 is 4.74 Å². The average Bonchev–Trinajstić information content (AvgIpc) is 2.46. The SMILES string of the molecule is CNc1cc(NCc2cccnn2)nc(COC)n1. The molecule has 0 aromatic carbocycles. The molecule has 7 nitrogen and oxygen atoms in total. The van der Waals surface area contributed by atoms with E-state index in [0.717, 1.165) is 17.3 Å². The molecule has 2 aromatic heterocycles. The molecule has 2 aromatic rings. The first-order chi connectivity index (χ1) is 9.31. The van der Waals surface area contributed by atoms with Crippen LogP contribution in [0.3, 0.4) is 0 Å². The fraction of sp³-hybridized carbons (Fsp3) is 0.333. The fourth-order valence-electron chi connectivity index (χ4n) is 1.52. The van der Waals surface area contributed by atoms with E-state index in [4.69, 9.17) is 4.74 Å². The highest BCUT2D eigenvalue weighted by molar-refractivity contribution is 5.47. The Kier molecular flexibility index (Phi) is 4.57. The molecule has 2 heterocycles. The summed E-state index contributed by atoms with van der Waals surface area (Å²) in [7, 11) is 3.42. The monoisotopic (exact) mass is 260 g/mol. The summed E-state index contributed by atoms with van der Waals surface area (Å²) in [5.74, 6) is 2.08. The van der Waals surface area contributed by atoms with Gasteiger partial charge < -0.3 is 15.4 Å². The molecule has 0 saturated heterocycles. The summed E-state index contributed by atoms with van der Waals surface area (Å²) in [5.41, 5.74) is 0.848. The molecule has 0 unspecified atom stereocenters. The normalized spacial score (nSPS) is 10.2. The van der Waals surface area contributed by atoms with Gasteiger partial charge in [-0.05, 0) is 12.1 Å². The summed E-state index contributed by atoms with van der Waals surface area (Å²) >= 11 is 0. The van der Waals surface area contributed by atoms with Gasteiger partial charge in [-0.15, -0.1) is 0 Å². The maximum Gasteiger partial charge on any atom is 0.158 e. The van der Waals surface area contributed by atoms with Crippen LogP contribution in [0.2, 0.25) is 0 Å². The molecule has 0 bridgehead atoms. The number of anilines is 2. The highest BCUT2D eigenvalue weighted by Crippen LogP contribution is 2.12. The van der Waals surface area contributed by atoms with Crippen LogP contribution in [0.1, 0.15) is 11.5 Å². The Morgan fingerprint density at radius 2 is 2.11 bits per heavy atom. The minimum Gasteiger partial charge on any atom is -0.377 e. The van der Waals surface area contributed by atoms with Crippen molar-refractivity contribution in [2.45, 2.75) is 13.2 Å². The number of hydrogen-bond donors (Lipinski definition) is 2. The summed E-state index contributed by atoms with van der Waals surface area (Å²) in [6.07, 6.45) is 1.64. The molecule has 0 aliphatic heterocycles. The van der Waals surface area contributed by atoms with Gasteiger partial charge in [-0.2, -0.15) is 10.2 Å². The van der Waals surface area contributed by atoms with E-state index in [0.29, 0.717) is 19.0 Å². The highest BCUT2D eigenvalue weighted by Gasteiger charge is 2.04. The maximum atomic E-state index is 5.04. The van der Waals surface area contributed by atoms with Crippen molar-refractivity contribution >= 4 is 11.6 Å². The van der Waals surface area contributed by atoms with Gasteiger partial charge in [0.05, 0.1) is 12.2 Å². The van der Waals surface area contributed by atoms with Crippen LogP contribution in [0, 0.1) is 0 Å². The van der Waals surface area contributed by atoms with Crippen LogP contribution in [0.5, 0.6) is 0 Å². The van der Waals surface area contributed by atoms with Gasteiger partial charge in [0.2, 0.25) is 0 Å². The lowest BCUT2D eigenvalue weighted by Gasteiger charge is -2.09. The zero-order valence-electron chi connectivity index (χ0n) is 10.9. The second-order valence-corrected chi connectivity index (χ2v) is 3.81. The van der Waals surface area contributed by atoms with E-state index in [1.165, 1.54) is 0 Å². The molecule has 0 aliphatic carbocycles. The van der Waals surface area contributed by atoms with E-state index >= 15 is 0 Å². The lowest BCUT2D eigenvalue weighted by atomic mass is 10.4. The number of nitrogens with one attached hydrogen (secondary N) is 2. The van der Waals surface area contributed by atoms with Crippen LogP contribution >= 0.6 is 0 Å². The number of hydrogen-bond acceptors (Lipinski definition) is 7. The summed E-state index contributed by atoms with van der Waals surface area (Å²) in [4.78, 5) is 8.63. The molecule has 0 radical (unpaired) electrons. The molecular weight excluding hydrogens is 244 g/mol. The molecule has 0 fully saturated rings. The van der Waals surface area contributed by atoms with Crippen molar-refractivity contribution in [3.63, 3.8) is 0 Å². The van der Waals surface area contributed by atoms with Crippen LogP contribution in [0.25, 0.3) is 0 Å². The predicted octanol–water partition coefficient (Wildman–Crippen LogP) is 1.07. The Morgan fingerprint density at radius 1 is 1.26 bits per heavy atom. The summed E-state index contributed by atoms with van der Waals surface area (Å²) in [6, 6.07) is 5.57. The summed E-state index contributed by atoms with van der Waals surface area (Å²) in [5, 5.41) is 14.0. The van der Waals surface area contributed by atoms with Gasteiger partial charge in [0, 0.05) is 26.4 Å². The van der Waals surface area contributed by atoms with Gasteiger partial charge >= 0.3 is 0 Å². The van der Waals surface area contributed by atoms with E-state index in [1.54, 1.807) is 13.3 Å². The third-order valence-electron chi connectivity index (χ3n) is 2.38. The third-order valence-corrected chi connectivity index (χ3v) is 2.38. The van der Waals surface area contributed by atoms with Crippen molar-refractivity contribution in [2.24, 2.45) is 0 Å². The van der Waals surface area contributed by atoms with E-state index in [1.807, 2.05) is 25.2 Å². The van der Waals surface area contributed by atoms with Crippen LogP contribution in [0.4, 0.5) is 11.6 Å². The molecule has 0 aliphatic rings. The summed E-state index contributed by atoms with van der Waals surface area (Å²) in [6.45, 7) is 0.926. The first-order valence-electron chi connectivity index (χ1n) is 5.87. The lowest BCUT2D eigenvalue weighted by Crippen LogP contribution is -2.08. The number of aromatic nitrogens is 4. The Morgan fingerprint density at radius 3 is 2.79 bits per heavy atom. The van der Waals surface area contributed by atoms with Crippen molar-refractivity contribution in [1.82, 2.24) is 20.2 Å². The maximum absolute atomic E-state index is 5.04. The average molecular weight is 260 g/mol.